The van der Waals surface area contributed by atoms with Crippen molar-refractivity contribution in [1.82, 2.24) is 4.90 Å². The first-order valence-electron chi connectivity index (χ1n) is 5.85. The summed E-state index contributed by atoms with van der Waals surface area (Å²) < 4.78 is 0. The number of carbonyl (C=O) groups is 1. The van der Waals surface area contributed by atoms with E-state index in [0.717, 1.165) is 25.9 Å². The van der Waals surface area contributed by atoms with Crippen LogP contribution >= 0.6 is 11.6 Å². The number of alkyl halides is 1. The highest BCUT2D eigenvalue weighted by Crippen LogP contribution is 2.24. The summed E-state index contributed by atoms with van der Waals surface area (Å²) in [4.78, 5) is 13.9. The summed E-state index contributed by atoms with van der Waals surface area (Å²) in [5.41, 5.74) is 0.388. The number of phenols is 1. The van der Waals surface area contributed by atoms with Gasteiger partial charge in [-0.05, 0) is 30.9 Å². The number of nitrogens with zero attached hydrogens (tertiary/aromatic N) is 1. The summed E-state index contributed by atoms with van der Waals surface area (Å²) in [5, 5.41) is 9.64. The van der Waals surface area contributed by atoms with Crippen LogP contribution < -0.4 is 0 Å². The average molecular weight is 254 g/mol. The summed E-state index contributed by atoms with van der Waals surface area (Å²) in [6.07, 6.45) is 1.96. The molecular weight excluding hydrogens is 238 g/mol. The van der Waals surface area contributed by atoms with E-state index in [4.69, 9.17) is 11.6 Å². The maximum atomic E-state index is 12.2. The van der Waals surface area contributed by atoms with Crippen molar-refractivity contribution in [3.8, 4) is 5.75 Å². The molecule has 4 heteroatoms. The first kappa shape index (κ1) is 12.2. The van der Waals surface area contributed by atoms with E-state index in [-0.39, 0.29) is 11.7 Å². The number of rotatable bonds is 3. The van der Waals surface area contributed by atoms with Crippen molar-refractivity contribution < 1.29 is 9.90 Å². The topological polar surface area (TPSA) is 40.5 Å². The molecule has 1 aliphatic rings. The van der Waals surface area contributed by atoms with Crippen LogP contribution in [0.5, 0.6) is 5.75 Å². The second kappa shape index (κ2) is 5.41. The fourth-order valence-corrected chi connectivity index (χ4v) is 2.54. The standard InChI is InChI=1S/C13H16ClNO2/c14-7-5-10-6-8-15(9-10)13(17)11-3-1-2-4-12(11)16/h1-4,10,16H,5-9H2. The van der Waals surface area contributed by atoms with Gasteiger partial charge < -0.3 is 10.0 Å². The van der Waals surface area contributed by atoms with Crippen LogP contribution in [0.2, 0.25) is 0 Å². The van der Waals surface area contributed by atoms with E-state index >= 15 is 0 Å². The SMILES string of the molecule is O=C(c1ccccc1O)N1CCC(CCCl)C1. The Labute approximate surface area is 106 Å². The van der Waals surface area contributed by atoms with Crippen LogP contribution in [0, 0.1) is 5.92 Å². The molecule has 92 valence electrons. The second-order valence-corrected chi connectivity index (χ2v) is 4.78. The maximum Gasteiger partial charge on any atom is 0.257 e. The zero-order valence-corrected chi connectivity index (χ0v) is 10.4. The Hall–Kier alpha value is -1.22. The number of likely N-dealkylation sites (tertiary alicyclic amines) is 1. The highest BCUT2D eigenvalue weighted by molar-refractivity contribution is 6.17. The quantitative estimate of drug-likeness (QED) is 0.841. The van der Waals surface area contributed by atoms with Crippen LogP contribution in [0.3, 0.4) is 0 Å². The molecule has 2 rings (SSSR count). The third-order valence-electron chi connectivity index (χ3n) is 3.22. The minimum atomic E-state index is -0.0832. The van der Waals surface area contributed by atoms with Gasteiger partial charge in [-0.25, -0.2) is 0 Å². The maximum absolute atomic E-state index is 12.2. The van der Waals surface area contributed by atoms with Gasteiger partial charge in [-0.15, -0.1) is 11.6 Å². The molecule has 0 spiro atoms. The van der Waals surface area contributed by atoms with Gasteiger partial charge in [0.25, 0.3) is 5.91 Å². The Balaban J connectivity index is 2.05. The number of para-hydroxylation sites is 1. The number of hydrogen-bond acceptors (Lipinski definition) is 2. The molecule has 1 aromatic rings. The van der Waals surface area contributed by atoms with E-state index in [1.54, 1.807) is 29.2 Å². The van der Waals surface area contributed by atoms with Gasteiger partial charge in [-0.2, -0.15) is 0 Å². The van der Waals surface area contributed by atoms with Crippen LogP contribution in [0.1, 0.15) is 23.2 Å². The highest BCUT2D eigenvalue weighted by Gasteiger charge is 2.27. The molecule has 0 saturated carbocycles. The Kier molecular flexibility index (Phi) is 3.89. The van der Waals surface area contributed by atoms with Gasteiger partial charge in [0.2, 0.25) is 0 Å². The lowest BCUT2D eigenvalue weighted by Gasteiger charge is -2.17. The molecule has 1 heterocycles. The van der Waals surface area contributed by atoms with E-state index < -0.39 is 0 Å². The average Bonchev–Trinajstić information content (AvgIpc) is 2.78. The van der Waals surface area contributed by atoms with Gasteiger partial charge in [0.1, 0.15) is 5.75 Å². The summed E-state index contributed by atoms with van der Waals surface area (Å²) in [6.45, 7) is 1.51. The molecule has 1 fully saturated rings. The lowest BCUT2D eigenvalue weighted by atomic mass is 10.1. The highest BCUT2D eigenvalue weighted by atomic mass is 35.5. The minimum absolute atomic E-state index is 0.0540. The number of carbonyl (C=O) groups excluding carboxylic acids is 1. The summed E-state index contributed by atoms with van der Waals surface area (Å²) in [5.74, 6) is 1.12. The summed E-state index contributed by atoms with van der Waals surface area (Å²) >= 11 is 5.71. The van der Waals surface area contributed by atoms with Crippen molar-refractivity contribution in [2.24, 2.45) is 5.92 Å². The predicted molar refractivity (Wildman–Crippen MR) is 67.5 cm³/mol. The number of aromatic hydroxyl groups is 1. The first-order valence-corrected chi connectivity index (χ1v) is 6.39. The molecule has 1 atom stereocenters. The van der Waals surface area contributed by atoms with Crippen LogP contribution in [-0.2, 0) is 0 Å². The van der Waals surface area contributed by atoms with E-state index in [1.165, 1.54) is 0 Å². The van der Waals surface area contributed by atoms with E-state index in [2.05, 4.69) is 0 Å². The van der Waals surface area contributed by atoms with Crippen LogP contribution in [0.4, 0.5) is 0 Å². The first-order chi connectivity index (χ1) is 8.22. The van der Waals surface area contributed by atoms with Gasteiger partial charge in [0.15, 0.2) is 0 Å². The normalized spacial score (nSPS) is 19.6. The molecule has 0 radical (unpaired) electrons. The largest absolute Gasteiger partial charge is 0.507 e. The fourth-order valence-electron chi connectivity index (χ4n) is 2.23. The lowest BCUT2D eigenvalue weighted by Crippen LogP contribution is -2.28. The molecule has 1 aliphatic heterocycles. The molecule has 0 aromatic heterocycles. The Morgan fingerprint density at radius 1 is 1.47 bits per heavy atom. The zero-order valence-electron chi connectivity index (χ0n) is 9.60. The molecule has 0 aliphatic carbocycles. The van der Waals surface area contributed by atoms with Crippen molar-refractivity contribution >= 4 is 17.5 Å². The number of amides is 1. The van der Waals surface area contributed by atoms with Crippen LogP contribution in [-0.4, -0.2) is 34.9 Å². The monoisotopic (exact) mass is 253 g/mol. The smallest absolute Gasteiger partial charge is 0.257 e. The predicted octanol–water partition coefficient (Wildman–Crippen LogP) is 2.48. The third kappa shape index (κ3) is 2.72. The Bertz CT molecular complexity index is 408. The van der Waals surface area contributed by atoms with Crippen LogP contribution in [0.15, 0.2) is 24.3 Å². The molecule has 1 unspecified atom stereocenters. The van der Waals surface area contributed by atoms with Gasteiger partial charge >= 0.3 is 0 Å². The van der Waals surface area contributed by atoms with Gasteiger partial charge in [0, 0.05) is 19.0 Å². The summed E-state index contributed by atoms with van der Waals surface area (Å²) in [6, 6.07) is 6.68. The van der Waals surface area contributed by atoms with Crippen molar-refractivity contribution in [2.75, 3.05) is 19.0 Å². The molecule has 1 amide bonds. The van der Waals surface area contributed by atoms with Gasteiger partial charge in [0.05, 0.1) is 5.56 Å². The van der Waals surface area contributed by atoms with Crippen molar-refractivity contribution in [2.45, 2.75) is 12.8 Å². The number of halogens is 1. The Morgan fingerprint density at radius 3 is 2.94 bits per heavy atom. The molecule has 1 saturated heterocycles. The zero-order chi connectivity index (χ0) is 12.3. The fraction of sp³-hybridized carbons (Fsp3) is 0.462. The molecule has 3 nitrogen and oxygen atoms in total. The van der Waals surface area contributed by atoms with Crippen molar-refractivity contribution in [3.63, 3.8) is 0 Å². The van der Waals surface area contributed by atoms with Crippen molar-refractivity contribution in [3.05, 3.63) is 29.8 Å². The van der Waals surface area contributed by atoms with E-state index in [9.17, 15) is 9.90 Å². The Morgan fingerprint density at radius 2 is 2.24 bits per heavy atom. The molecule has 1 aromatic carbocycles. The van der Waals surface area contributed by atoms with Crippen LogP contribution in [0.25, 0.3) is 0 Å². The van der Waals surface area contributed by atoms with E-state index in [0.29, 0.717) is 17.4 Å². The molecule has 0 bridgehead atoms. The molecule has 17 heavy (non-hydrogen) atoms. The molecular formula is C13H16ClNO2. The van der Waals surface area contributed by atoms with E-state index in [1.807, 2.05) is 0 Å². The lowest BCUT2D eigenvalue weighted by molar-refractivity contribution is 0.0784. The van der Waals surface area contributed by atoms with Crippen molar-refractivity contribution in [1.29, 1.82) is 0 Å². The van der Waals surface area contributed by atoms with Gasteiger partial charge in [-0.1, -0.05) is 12.1 Å². The summed E-state index contributed by atoms with van der Waals surface area (Å²) in [7, 11) is 0. The molecule has 1 N–H and O–H groups in total. The second-order valence-electron chi connectivity index (χ2n) is 4.40. The minimum Gasteiger partial charge on any atom is -0.507 e. The number of hydrogen-bond donors (Lipinski definition) is 1. The number of benzene rings is 1. The number of phenolic OH excluding ortho intramolecular Hbond substituents is 1. The van der Waals surface area contributed by atoms with Gasteiger partial charge in [-0.3, -0.25) is 4.79 Å². The third-order valence-corrected chi connectivity index (χ3v) is 3.44.